The summed E-state index contributed by atoms with van der Waals surface area (Å²) in [6.45, 7) is 18.8. The third-order valence-corrected chi connectivity index (χ3v) is 9.52. The molecule has 0 aliphatic heterocycles. The van der Waals surface area contributed by atoms with Crippen molar-refractivity contribution in [1.82, 2.24) is 19.9 Å². The highest BCUT2D eigenvalue weighted by atomic mass is 14.9. The van der Waals surface area contributed by atoms with Gasteiger partial charge in [0.25, 0.3) is 0 Å². The summed E-state index contributed by atoms with van der Waals surface area (Å²) in [6, 6.07) is 25.3. The van der Waals surface area contributed by atoms with Crippen molar-refractivity contribution >= 4 is 33.7 Å². The van der Waals surface area contributed by atoms with E-state index in [4.69, 9.17) is 4.98 Å². The minimum absolute atomic E-state index is 0.0446. The van der Waals surface area contributed by atoms with Crippen LogP contribution in [0.25, 0.3) is 45.0 Å². The maximum absolute atomic E-state index is 4.74. The molecule has 4 heteroatoms. The van der Waals surface area contributed by atoms with Crippen LogP contribution in [0.2, 0.25) is 0 Å². The van der Waals surface area contributed by atoms with Gasteiger partial charge in [-0.3, -0.25) is 0 Å². The van der Waals surface area contributed by atoms with E-state index >= 15 is 0 Å². The minimum Gasteiger partial charge on any atom is -0.234 e. The molecule has 3 aromatic carbocycles. The molecule has 0 radical (unpaired) electrons. The Balaban J connectivity index is 0.000000177. The van der Waals surface area contributed by atoms with E-state index in [1.54, 1.807) is 0 Å². The van der Waals surface area contributed by atoms with Gasteiger partial charge in [0, 0.05) is 27.5 Å². The van der Waals surface area contributed by atoms with Crippen molar-refractivity contribution in [2.45, 2.75) is 53.9 Å². The van der Waals surface area contributed by atoms with Crippen molar-refractivity contribution in [3.05, 3.63) is 185 Å². The second-order valence-corrected chi connectivity index (χ2v) is 13.3. The van der Waals surface area contributed by atoms with Crippen LogP contribution >= 0.6 is 0 Å². The molecule has 252 valence electrons. The molecule has 0 fully saturated rings. The highest BCUT2D eigenvalue weighted by Crippen LogP contribution is 2.47. The molecular formula is C47H44N4. The van der Waals surface area contributed by atoms with Gasteiger partial charge >= 0.3 is 0 Å². The Labute approximate surface area is 302 Å². The molecule has 0 N–H and O–H groups in total. The van der Waals surface area contributed by atoms with Gasteiger partial charge in [-0.05, 0) is 98.4 Å². The highest BCUT2D eigenvalue weighted by molar-refractivity contribution is 5.92. The third kappa shape index (κ3) is 7.19. The Hall–Kier alpha value is -5.96. The number of hydrogen-bond donors (Lipinski definition) is 0. The summed E-state index contributed by atoms with van der Waals surface area (Å²) >= 11 is 0. The van der Waals surface area contributed by atoms with Crippen LogP contribution in [-0.4, -0.2) is 19.9 Å². The zero-order valence-electron chi connectivity index (χ0n) is 30.6. The molecule has 0 amide bonds. The summed E-state index contributed by atoms with van der Waals surface area (Å²) in [5, 5.41) is 1.08. The number of nitrogens with zero attached hydrogens (tertiary/aromatic N) is 4. The second kappa shape index (κ2) is 14.9. The average molecular weight is 665 g/mol. The van der Waals surface area contributed by atoms with E-state index in [0.29, 0.717) is 0 Å². The first-order valence-electron chi connectivity index (χ1n) is 17.4. The minimum atomic E-state index is -0.0446. The molecule has 5 aromatic rings. The summed E-state index contributed by atoms with van der Waals surface area (Å²) in [5.74, 6) is 1.56. The Morgan fingerprint density at radius 1 is 0.784 bits per heavy atom. The van der Waals surface area contributed by atoms with Crippen LogP contribution in [0.3, 0.4) is 0 Å². The zero-order valence-corrected chi connectivity index (χ0v) is 30.6. The van der Waals surface area contributed by atoms with Gasteiger partial charge in [0.05, 0.1) is 22.6 Å². The van der Waals surface area contributed by atoms with Gasteiger partial charge in [-0.15, -0.1) is 5.73 Å². The van der Waals surface area contributed by atoms with Crippen LogP contribution in [0, 0.1) is 20.8 Å². The first-order valence-corrected chi connectivity index (χ1v) is 17.4. The van der Waals surface area contributed by atoms with E-state index in [2.05, 4.69) is 122 Å². The predicted octanol–water partition coefficient (Wildman–Crippen LogP) is 11.7. The van der Waals surface area contributed by atoms with Gasteiger partial charge in [0.15, 0.2) is 0 Å². The Morgan fingerprint density at radius 2 is 1.49 bits per heavy atom. The molecule has 2 aliphatic carbocycles. The van der Waals surface area contributed by atoms with E-state index in [9.17, 15) is 0 Å². The number of allylic oxidation sites excluding steroid dienone is 11. The largest absolute Gasteiger partial charge is 0.234 e. The maximum atomic E-state index is 4.74. The Bertz CT molecular complexity index is 2370. The van der Waals surface area contributed by atoms with Crippen molar-refractivity contribution < 1.29 is 0 Å². The van der Waals surface area contributed by atoms with Gasteiger partial charge in [-0.1, -0.05) is 118 Å². The van der Waals surface area contributed by atoms with E-state index in [0.717, 1.165) is 61.9 Å². The van der Waals surface area contributed by atoms with Crippen molar-refractivity contribution in [3.8, 4) is 11.3 Å². The molecule has 0 spiro atoms. The van der Waals surface area contributed by atoms with E-state index in [1.807, 2.05) is 81.5 Å². The van der Waals surface area contributed by atoms with Gasteiger partial charge in [0.2, 0.25) is 0 Å². The molecule has 51 heavy (non-hydrogen) atoms. The predicted molar refractivity (Wildman–Crippen MR) is 216 cm³/mol. The summed E-state index contributed by atoms with van der Waals surface area (Å²) < 4.78 is 0. The van der Waals surface area contributed by atoms with Crippen LogP contribution in [-0.2, 0) is 5.41 Å². The van der Waals surface area contributed by atoms with E-state index in [1.165, 1.54) is 27.8 Å². The van der Waals surface area contributed by atoms with Crippen LogP contribution in [0.1, 0.15) is 73.0 Å². The average Bonchev–Trinajstić information content (AvgIpc) is 3.32. The lowest BCUT2D eigenvalue weighted by Gasteiger charge is -2.23. The van der Waals surface area contributed by atoms with Gasteiger partial charge in [0.1, 0.15) is 11.6 Å². The maximum Gasteiger partial charge on any atom is 0.126 e. The van der Waals surface area contributed by atoms with E-state index < -0.39 is 0 Å². The standard InChI is InChI=1S/C25H28N2.C22H16N2/c1-8-12-23-17(4)24(27-18(5)26-23)19(9-2)15-22-16(3)20-13-10-11-14-21(20)25(22,6)7;1-16-23-21-11-7-6-10-20(21)22(24-16)19-14-12-18(13-15-19)17-8-4-2-3-5-9-17/h8-15H,2H2,1,3-7H3;2-4,6-15H,1H3/b12-8-,19-15+;. The summed E-state index contributed by atoms with van der Waals surface area (Å²) in [6.07, 6.45) is 18.2. The summed E-state index contributed by atoms with van der Waals surface area (Å²) in [5.41, 5.74) is 17.9. The number of hydrogen-bond acceptors (Lipinski definition) is 4. The number of fused-ring (bicyclic) bond motifs is 2. The highest BCUT2D eigenvalue weighted by Gasteiger charge is 2.34. The molecular weight excluding hydrogens is 621 g/mol. The van der Waals surface area contributed by atoms with Gasteiger partial charge in [-0.2, -0.15) is 0 Å². The molecule has 7 rings (SSSR count). The fourth-order valence-electron chi connectivity index (χ4n) is 6.90. The van der Waals surface area contributed by atoms with Crippen molar-refractivity contribution in [2.24, 2.45) is 0 Å². The van der Waals surface area contributed by atoms with Gasteiger partial charge < -0.3 is 0 Å². The molecule has 2 heterocycles. The molecule has 0 saturated carbocycles. The second-order valence-electron chi connectivity index (χ2n) is 13.3. The molecule has 0 unspecified atom stereocenters. The number of aromatic nitrogens is 4. The van der Waals surface area contributed by atoms with Crippen LogP contribution in [0.15, 0.2) is 139 Å². The first-order chi connectivity index (χ1) is 24.6. The summed E-state index contributed by atoms with van der Waals surface area (Å²) in [4.78, 5) is 18.5. The first kappa shape index (κ1) is 34.9. The SMILES string of the molecule is C=C/C(=C\C1=C(C)c2ccccc2C1(C)C)c1nc(C)nc(/C=C\C)c1C.Cc1nc(-c2ccc(C3=CC=CC=C=C3)cc2)c2ccccc2n1. The quantitative estimate of drug-likeness (QED) is 0.134. The molecule has 0 atom stereocenters. The topological polar surface area (TPSA) is 51.6 Å². The fourth-order valence-corrected chi connectivity index (χ4v) is 6.90. The van der Waals surface area contributed by atoms with Crippen LogP contribution in [0.4, 0.5) is 0 Å². The normalized spacial score (nSPS) is 14.7. The molecule has 2 aromatic heterocycles. The monoisotopic (exact) mass is 664 g/mol. The van der Waals surface area contributed by atoms with Gasteiger partial charge in [-0.25, -0.2) is 19.9 Å². The van der Waals surface area contributed by atoms with E-state index in [-0.39, 0.29) is 5.41 Å². The smallest absolute Gasteiger partial charge is 0.126 e. The number of benzene rings is 3. The molecule has 0 saturated heterocycles. The zero-order chi connectivity index (χ0) is 36.1. The molecule has 0 bridgehead atoms. The third-order valence-electron chi connectivity index (χ3n) is 9.52. The lowest BCUT2D eigenvalue weighted by molar-refractivity contribution is 0.654. The Morgan fingerprint density at radius 3 is 2.24 bits per heavy atom. The molecule has 2 aliphatic rings. The number of aryl methyl sites for hydroxylation is 2. The number of rotatable bonds is 6. The molecule has 4 nitrogen and oxygen atoms in total. The lowest BCUT2D eigenvalue weighted by Crippen LogP contribution is -2.16. The number of para-hydroxylation sites is 1. The van der Waals surface area contributed by atoms with Crippen LogP contribution < -0.4 is 0 Å². The Kier molecular flexibility index (Phi) is 10.2. The lowest BCUT2D eigenvalue weighted by atomic mass is 9.80. The van der Waals surface area contributed by atoms with Crippen molar-refractivity contribution in [1.29, 1.82) is 0 Å². The van der Waals surface area contributed by atoms with Crippen LogP contribution in [0.5, 0.6) is 0 Å². The summed E-state index contributed by atoms with van der Waals surface area (Å²) in [7, 11) is 0. The van der Waals surface area contributed by atoms with Crippen molar-refractivity contribution in [3.63, 3.8) is 0 Å². The van der Waals surface area contributed by atoms with Crippen molar-refractivity contribution in [2.75, 3.05) is 0 Å². The fraction of sp³-hybridized carbons (Fsp3) is 0.170.